The SMILES string of the molecule is CCCOC(=O)CC(O)(CC(=O)O)C(=O)O. The number of carbonyl (C=O) groups excluding carboxylic acids is 1. The largest absolute Gasteiger partial charge is 0.481 e. The average Bonchev–Trinajstić information content (AvgIpc) is 2.12. The molecular formula is C9H14O7. The van der Waals surface area contributed by atoms with E-state index in [-0.39, 0.29) is 6.61 Å². The van der Waals surface area contributed by atoms with Crippen LogP contribution in [0.15, 0.2) is 0 Å². The van der Waals surface area contributed by atoms with Crippen LogP contribution in [0.2, 0.25) is 0 Å². The minimum absolute atomic E-state index is 0.0988. The molecule has 0 aliphatic rings. The molecule has 0 amide bonds. The maximum absolute atomic E-state index is 11.1. The van der Waals surface area contributed by atoms with E-state index in [4.69, 9.17) is 10.2 Å². The van der Waals surface area contributed by atoms with E-state index in [1.807, 2.05) is 0 Å². The summed E-state index contributed by atoms with van der Waals surface area (Å²) < 4.78 is 4.56. The van der Waals surface area contributed by atoms with Crippen LogP contribution in [0.3, 0.4) is 0 Å². The Balaban J connectivity index is 4.49. The molecule has 0 saturated heterocycles. The second kappa shape index (κ2) is 6.06. The van der Waals surface area contributed by atoms with E-state index in [1.165, 1.54) is 0 Å². The molecule has 0 fully saturated rings. The molecule has 0 aromatic heterocycles. The Morgan fingerprint density at radius 3 is 2.12 bits per heavy atom. The predicted molar refractivity (Wildman–Crippen MR) is 50.7 cm³/mol. The lowest BCUT2D eigenvalue weighted by Gasteiger charge is -2.19. The van der Waals surface area contributed by atoms with Gasteiger partial charge in [-0.3, -0.25) is 9.59 Å². The zero-order valence-corrected chi connectivity index (χ0v) is 8.80. The van der Waals surface area contributed by atoms with Crippen LogP contribution in [0.4, 0.5) is 0 Å². The van der Waals surface area contributed by atoms with E-state index in [2.05, 4.69) is 4.74 Å². The summed E-state index contributed by atoms with van der Waals surface area (Å²) in [4.78, 5) is 32.0. The third kappa shape index (κ3) is 4.74. The van der Waals surface area contributed by atoms with E-state index in [9.17, 15) is 19.5 Å². The molecule has 0 aromatic carbocycles. The van der Waals surface area contributed by atoms with Crippen molar-refractivity contribution in [2.24, 2.45) is 0 Å². The van der Waals surface area contributed by atoms with Crippen LogP contribution < -0.4 is 0 Å². The van der Waals surface area contributed by atoms with Gasteiger partial charge in [-0.05, 0) is 6.42 Å². The highest BCUT2D eigenvalue weighted by molar-refractivity contribution is 5.88. The predicted octanol–water partition coefficient (Wildman–Crippen LogP) is -0.380. The molecule has 3 N–H and O–H groups in total. The molecule has 0 aliphatic carbocycles. The summed E-state index contributed by atoms with van der Waals surface area (Å²) in [6, 6.07) is 0. The first-order valence-electron chi connectivity index (χ1n) is 4.65. The van der Waals surface area contributed by atoms with Crippen molar-refractivity contribution in [2.45, 2.75) is 31.8 Å². The number of esters is 1. The molecule has 0 bridgehead atoms. The van der Waals surface area contributed by atoms with Crippen molar-refractivity contribution >= 4 is 17.9 Å². The van der Waals surface area contributed by atoms with E-state index in [0.29, 0.717) is 6.42 Å². The Hall–Kier alpha value is -1.63. The first-order chi connectivity index (χ1) is 7.31. The minimum atomic E-state index is -2.61. The van der Waals surface area contributed by atoms with Gasteiger partial charge in [0.05, 0.1) is 19.4 Å². The van der Waals surface area contributed by atoms with Crippen LogP contribution in [0, 0.1) is 0 Å². The molecule has 1 atom stereocenters. The van der Waals surface area contributed by atoms with Crippen molar-refractivity contribution in [1.82, 2.24) is 0 Å². The first-order valence-corrected chi connectivity index (χ1v) is 4.65. The summed E-state index contributed by atoms with van der Waals surface area (Å²) in [6.45, 7) is 1.84. The highest BCUT2D eigenvalue weighted by Crippen LogP contribution is 2.16. The lowest BCUT2D eigenvalue weighted by molar-refractivity contribution is -0.171. The zero-order chi connectivity index (χ0) is 12.8. The highest BCUT2D eigenvalue weighted by atomic mass is 16.5. The van der Waals surface area contributed by atoms with Gasteiger partial charge in [-0.2, -0.15) is 0 Å². The Morgan fingerprint density at radius 1 is 1.19 bits per heavy atom. The van der Waals surface area contributed by atoms with E-state index >= 15 is 0 Å². The van der Waals surface area contributed by atoms with E-state index in [1.54, 1.807) is 6.92 Å². The van der Waals surface area contributed by atoms with Crippen molar-refractivity contribution in [2.75, 3.05) is 6.61 Å². The van der Waals surface area contributed by atoms with Crippen molar-refractivity contribution in [3.05, 3.63) is 0 Å². The standard InChI is InChI=1S/C9H14O7/c1-2-3-16-7(12)5-9(15,8(13)14)4-6(10)11/h15H,2-5H2,1H3,(H,10,11)(H,13,14). The van der Waals surface area contributed by atoms with Crippen LogP contribution in [-0.4, -0.2) is 45.4 Å². The molecule has 0 heterocycles. The Bertz CT molecular complexity index is 286. The fourth-order valence-corrected chi connectivity index (χ4v) is 0.970. The monoisotopic (exact) mass is 234 g/mol. The number of carbonyl (C=O) groups is 3. The fraction of sp³-hybridized carbons (Fsp3) is 0.667. The summed E-state index contributed by atoms with van der Waals surface area (Å²) in [7, 11) is 0. The number of ether oxygens (including phenoxy) is 1. The number of hydrogen-bond donors (Lipinski definition) is 3. The highest BCUT2D eigenvalue weighted by Gasteiger charge is 2.41. The summed E-state index contributed by atoms with van der Waals surface area (Å²) in [6.07, 6.45) is -1.38. The number of hydrogen-bond acceptors (Lipinski definition) is 5. The van der Waals surface area contributed by atoms with Gasteiger partial charge in [0.2, 0.25) is 0 Å². The lowest BCUT2D eigenvalue weighted by atomic mass is 9.96. The number of rotatable bonds is 7. The first kappa shape index (κ1) is 14.4. The zero-order valence-electron chi connectivity index (χ0n) is 8.80. The number of aliphatic hydroxyl groups is 1. The smallest absolute Gasteiger partial charge is 0.336 e. The van der Waals surface area contributed by atoms with E-state index < -0.39 is 36.4 Å². The fourth-order valence-electron chi connectivity index (χ4n) is 0.970. The van der Waals surface area contributed by atoms with Crippen molar-refractivity contribution in [3.63, 3.8) is 0 Å². The molecule has 92 valence electrons. The van der Waals surface area contributed by atoms with Gasteiger partial charge in [0.15, 0.2) is 5.60 Å². The molecule has 1 unspecified atom stereocenters. The van der Waals surface area contributed by atoms with Gasteiger partial charge in [-0.15, -0.1) is 0 Å². The lowest BCUT2D eigenvalue weighted by Crippen LogP contribution is -2.43. The van der Waals surface area contributed by atoms with E-state index in [0.717, 1.165) is 0 Å². The number of carboxylic acid groups (broad SMARTS) is 2. The normalized spacial score (nSPS) is 13.9. The molecule has 0 aliphatic heterocycles. The van der Waals surface area contributed by atoms with Crippen LogP contribution >= 0.6 is 0 Å². The molecule has 0 aromatic rings. The van der Waals surface area contributed by atoms with Gasteiger partial charge in [-0.1, -0.05) is 6.92 Å². The number of aliphatic carboxylic acids is 2. The second-order valence-electron chi connectivity index (χ2n) is 3.30. The molecule has 7 heteroatoms. The summed E-state index contributed by atoms with van der Waals surface area (Å²) in [5.41, 5.74) is -2.61. The maximum atomic E-state index is 11.1. The molecule has 0 saturated carbocycles. The Kier molecular flexibility index (Phi) is 5.44. The topological polar surface area (TPSA) is 121 Å². The summed E-state index contributed by atoms with van der Waals surface area (Å²) >= 11 is 0. The van der Waals surface area contributed by atoms with Gasteiger partial charge in [-0.25, -0.2) is 4.79 Å². The van der Waals surface area contributed by atoms with Gasteiger partial charge in [0, 0.05) is 0 Å². The third-order valence-electron chi connectivity index (χ3n) is 1.75. The molecule has 0 rings (SSSR count). The van der Waals surface area contributed by atoms with Gasteiger partial charge >= 0.3 is 17.9 Å². The Morgan fingerprint density at radius 2 is 1.75 bits per heavy atom. The third-order valence-corrected chi connectivity index (χ3v) is 1.75. The van der Waals surface area contributed by atoms with Crippen molar-refractivity contribution in [1.29, 1.82) is 0 Å². The molecule has 0 radical (unpaired) electrons. The van der Waals surface area contributed by atoms with Crippen LogP contribution in [0.1, 0.15) is 26.2 Å². The van der Waals surface area contributed by atoms with Crippen molar-refractivity contribution < 1.29 is 34.4 Å². The number of carboxylic acids is 2. The van der Waals surface area contributed by atoms with Crippen LogP contribution in [0.5, 0.6) is 0 Å². The van der Waals surface area contributed by atoms with Crippen LogP contribution in [-0.2, 0) is 19.1 Å². The molecular weight excluding hydrogens is 220 g/mol. The maximum Gasteiger partial charge on any atom is 0.336 e. The summed E-state index contributed by atoms with van der Waals surface area (Å²) in [5, 5.41) is 26.5. The molecule has 0 spiro atoms. The average molecular weight is 234 g/mol. The molecule has 16 heavy (non-hydrogen) atoms. The second-order valence-corrected chi connectivity index (χ2v) is 3.30. The minimum Gasteiger partial charge on any atom is -0.481 e. The van der Waals surface area contributed by atoms with Gasteiger partial charge in [0.1, 0.15) is 0 Å². The quantitative estimate of drug-likeness (QED) is 0.513. The Labute approximate surface area is 91.6 Å². The van der Waals surface area contributed by atoms with Crippen molar-refractivity contribution in [3.8, 4) is 0 Å². The van der Waals surface area contributed by atoms with Gasteiger partial charge < -0.3 is 20.1 Å². The van der Waals surface area contributed by atoms with Gasteiger partial charge in [0.25, 0.3) is 0 Å². The van der Waals surface area contributed by atoms with Crippen LogP contribution in [0.25, 0.3) is 0 Å². The summed E-state index contributed by atoms with van der Waals surface area (Å²) in [5.74, 6) is -4.20. The molecule has 7 nitrogen and oxygen atoms in total.